The summed E-state index contributed by atoms with van der Waals surface area (Å²) in [5.74, 6) is 0.635. The minimum Gasteiger partial charge on any atom is -0.489 e. The van der Waals surface area contributed by atoms with Crippen molar-refractivity contribution < 1.29 is 18.7 Å². The first kappa shape index (κ1) is 17.7. The summed E-state index contributed by atoms with van der Waals surface area (Å²) in [6, 6.07) is 19.1. The molecule has 0 bridgehead atoms. The van der Waals surface area contributed by atoms with Gasteiger partial charge in [0.25, 0.3) is 0 Å². The van der Waals surface area contributed by atoms with Crippen LogP contribution in [0, 0.1) is 5.82 Å². The van der Waals surface area contributed by atoms with Crippen LogP contribution < -0.4 is 4.74 Å². The number of rotatable bonds is 5. The Morgan fingerprint density at radius 2 is 1.86 bits per heavy atom. The molecule has 6 heteroatoms. The molecule has 28 heavy (non-hydrogen) atoms. The average molecular weight is 376 g/mol. The number of benzene rings is 3. The predicted octanol–water partition coefficient (Wildman–Crippen LogP) is 4.73. The van der Waals surface area contributed by atoms with Crippen LogP contribution in [-0.4, -0.2) is 23.0 Å². The molecule has 1 N–H and O–H groups in total. The van der Waals surface area contributed by atoms with Gasteiger partial charge in [0.1, 0.15) is 24.0 Å². The van der Waals surface area contributed by atoms with Crippen LogP contribution in [0.2, 0.25) is 0 Å². The molecule has 0 atom stereocenters. The highest BCUT2D eigenvalue weighted by Crippen LogP contribution is 2.24. The number of ether oxygens (including phenoxy) is 2. The van der Waals surface area contributed by atoms with Gasteiger partial charge in [-0.2, -0.15) is 0 Å². The molecular weight excluding hydrogens is 359 g/mol. The highest BCUT2D eigenvalue weighted by Gasteiger charge is 2.10. The van der Waals surface area contributed by atoms with E-state index in [0.29, 0.717) is 22.7 Å². The normalized spacial score (nSPS) is 10.8. The number of aromatic amines is 1. The quantitative estimate of drug-likeness (QED) is 0.511. The Morgan fingerprint density at radius 3 is 2.61 bits per heavy atom. The van der Waals surface area contributed by atoms with Gasteiger partial charge in [-0.05, 0) is 48.5 Å². The van der Waals surface area contributed by atoms with E-state index in [1.165, 1.54) is 13.2 Å². The molecule has 4 aromatic rings. The van der Waals surface area contributed by atoms with Crippen LogP contribution in [-0.2, 0) is 11.3 Å². The molecule has 0 aliphatic carbocycles. The van der Waals surface area contributed by atoms with Gasteiger partial charge in [0.2, 0.25) is 0 Å². The molecule has 0 unspecified atom stereocenters. The Kier molecular flexibility index (Phi) is 4.76. The average Bonchev–Trinajstić information content (AvgIpc) is 3.16. The molecule has 1 aromatic heterocycles. The lowest BCUT2D eigenvalue weighted by Crippen LogP contribution is -2.00. The molecule has 0 saturated carbocycles. The van der Waals surface area contributed by atoms with Crippen LogP contribution in [0.1, 0.15) is 15.9 Å². The predicted molar refractivity (Wildman–Crippen MR) is 104 cm³/mol. The number of nitrogens with zero attached hydrogens (tertiary/aromatic N) is 1. The number of fused-ring (bicyclic) bond motifs is 1. The third kappa shape index (κ3) is 3.57. The van der Waals surface area contributed by atoms with Gasteiger partial charge in [-0.3, -0.25) is 0 Å². The molecule has 0 fully saturated rings. The minimum absolute atomic E-state index is 0.160. The van der Waals surface area contributed by atoms with Crippen molar-refractivity contribution in [2.75, 3.05) is 7.11 Å². The van der Waals surface area contributed by atoms with Gasteiger partial charge in [-0.15, -0.1) is 0 Å². The van der Waals surface area contributed by atoms with Crippen LogP contribution >= 0.6 is 0 Å². The fourth-order valence-electron chi connectivity index (χ4n) is 2.88. The number of imidazole rings is 1. The van der Waals surface area contributed by atoms with Crippen molar-refractivity contribution in [3.8, 4) is 17.1 Å². The molecule has 0 amide bonds. The third-order valence-electron chi connectivity index (χ3n) is 4.38. The first-order valence-electron chi connectivity index (χ1n) is 8.69. The molecule has 140 valence electrons. The van der Waals surface area contributed by atoms with E-state index in [1.54, 1.807) is 36.4 Å². The van der Waals surface area contributed by atoms with Crippen molar-refractivity contribution in [1.29, 1.82) is 0 Å². The fraction of sp³-hybridized carbons (Fsp3) is 0.0909. The van der Waals surface area contributed by atoms with Crippen LogP contribution in [0.15, 0.2) is 66.7 Å². The van der Waals surface area contributed by atoms with Gasteiger partial charge >= 0.3 is 5.97 Å². The summed E-state index contributed by atoms with van der Waals surface area (Å²) in [4.78, 5) is 19.4. The summed E-state index contributed by atoms with van der Waals surface area (Å²) in [6.45, 7) is 0.160. The molecule has 0 saturated heterocycles. The van der Waals surface area contributed by atoms with E-state index in [1.807, 2.05) is 24.3 Å². The molecule has 0 radical (unpaired) electrons. The van der Waals surface area contributed by atoms with Gasteiger partial charge in [-0.1, -0.05) is 18.2 Å². The molecule has 0 aliphatic heterocycles. The Morgan fingerprint density at radius 1 is 1.07 bits per heavy atom. The zero-order valence-corrected chi connectivity index (χ0v) is 15.1. The molecule has 5 nitrogen and oxygen atoms in total. The third-order valence-corrected chi connectivity index (χ3v) is 4.38. The molecule has 1 heterocycles. The second-order valence-electron chi connectivity index (χ2n) is 6.21. The number of nitrogens with one attached hydrogen (secondary N) is 1. The van der Waals surface area contributed by atoms with Crippen molar-refractivity contribution in [3.05, 3.63) is 83.7 Å². The zero-order chi connectivity index (χ0) is 19.5. The molecule has 3 aromatic carbocycles. The van der Waals surface area contributed by atoms with E-state index in [9.17, 15) is 9.18 Å². The van der Waals surface area contributed by atoms with E-state index in [2.05, 4.69) is 9.97 Å². The number of carbonyl (C=O) groups excluding carboxylic acids is 1. The second kappa shape index (κ2) is 7.52. The second-order valence-corrected chi connectivity index (χ2v) is 6.21. The highest BCUT2D eigenvalue weighted by molar-refractivity contribution is 5.94. The summed E-state index contributed by atoms with van der Waals surface area (Å²) in [6.07, 6.45) is 0. The Bertz CT molecular complexity index is 1140. The van der Waals surface area contributed by atoms with Crippen molar-refractivity contribution in [2.45, 2.75) is 6.61 Å². The Balaban J connectivity index is 1.52. The highest BCUT2D eigenvalue weighted by atomic mass is 19.1. The van der Waals surface area contributed by atoms with Crippen LogP contribution in [0.4, 0.5) is 4.39 Å². The maximum absolute atomic E-state index is 13.7. The zero-order valence-electron chi connectivity index (χ0n) is 15.1. The van der Waals surface area contributed by atoms with E-state index in [-0.39, 0.29) is 12.4 Å². The molecule has 0 aliphatic rings. The summed E-state index contributed by atoms with van der Waals surface area (Å²) in [7, 11) is 1.35. The van der Waals surface area contributed by atoms with Crippen LogP contribution in [0.3, 0.4) is 0 Å². The molecular formula is C22H17FN2O3. The van der Waals surface area contributed by atoms with Crippen molar-refractivity contribution in [1.82, 2.24) is 9.97 Å². The number of hydrogen-bond acceptors (Lipinski definition) is 4. The number of carbonyl (C=O) groups is 1. The Labute approximate surface area is 160 Å². The largest absolute Gasteiger partial charge is 0.489 e. The summed E-state index contributed by atoms with van der Waals surface area (Å²) in [5.41, 5.74) is 3.33. The van der Waals surface area contributed by atoms with E-state index in [4.69, 9.17) is 9.47 Å². The standard InChI is InChI=1S/C22H17FN2O3/c1-27-22(26)15-8-11-19-20(12-15)25-21(24-19)14-6-9-17(10-7-14)28-13-16-4-2-3-5-18(16)23/h2-12H,13H2,1H3,(H,24,25). The molecule has 0 spiro atoms. The van der Waals surface area contributed by atoms with Gasteiger partial charge in [0.15, 0.2) is 0 Å². The monoisotopic (exact) mass is 376 g/mol. The smallest absolute Gasteiger partial charge is 0.337 e. The van der Waals surface area contributed by atoms with Gasteiger partial charge < -0.3 is 14.5 Å². The summed E-state index contributed by atoms with van der Waals surface area (Å²) in [5, 5.41) is 0. The SMILES string of the molecule is COC(=O)c1ccc2nc(-c3ccc(OCc4ccccc4F)cc3)[nH]c2c1. The lowest BCUT2D eigenvalue weighted by Gasteiger charge is -2.07. The number of esters is 1. The number of H-pyrrole nitrogens is 1. The van der Waals surface area contributed by atoms with E-state index in [0.717, 1.165) is 16.6 Å². The fourth-order valence-corrected chi connectivity index (χ4v) is 2.88. The van der Waals surface area contributed by atoms with Crippen molar-refractivity contribution in [2.24, 2.45) is 0 Å². The Hall–Kier alpha value is -3.67. The van der Waals surface area contributed by atoms with Gasteiger partial charge in [0, 0.05) is 11.1 Å². The summed E-state index contributed by atoms with van der Waals surface area (Å²) < 4.78 is 24.1. The summed E-state index contributed by atoms with van der Waals surface area (Å²) >= 11 is 0. The first-order chi connectivity index (χ1) is 13.6. The number of halogens is 1. The number of aromatic nitrogens is 2. The lowest BCUT2D eigenvalue weighted by atomic mass is 10.2. The first-order valence-corrected chi connectivity index (χ1v) is 8.69. The van der Waals surface area contributed by atoms with E-state index >= 15 is 0 Å². The maximum atomic E-state index is 13.7. The van der Waals surface area contributed by atoms with Crippen LogP contribution in [0.5, 0.6) is 5.75 Å². The van der Waals surface area contributed by atoms with Crippen molar-refractivity contribution in [3.63, 3.8) is 0 Å². The topological polar surface area (TPSA) is 64.2 Å². The van der Waals surface area contributed by atoms with Gasteiger partial charge in [-0.25, -0.2) is 14.2 Å². The van der Waals surface area contributed by atoms with Gasteiger partial charge in [0.05, 0.1) is 23.7 Å². The van der Waals surface area contributed by atoms with E-state index < -0.39 is 5.97 Å². The number of hydrogen-bond donors (Lipinski definition) is 1. The minimum atomic E-state index is -0.394. The lowest BCUT2D eigenvalue weighted by molar-refractivity contribution is 0.0601. The van der Waals surface area contributed by atoms with Crippen molar-refractivity contribution >= 4 is 17.0 Å². The maximum Gasteiger partial charge on any atom is 0.337 e. The number of methoxy groups -OCH3 is 1. The van der Waals surface area contributed by atoms with Crippen LogP contribution in [0.25, 0.3) is 22.4 Å². The molecule has 4 rings (SSSR count).